The van der Waals surface area contributed by atoms with Crippen molar-refractivity contribution in [2.75, 3.05) is 38.2 Å². The molecular formula is C13H19ClN2O. The van der Waals surface area contributed by atoms with E-state index in [2.05, 4.69) is 16.3 Å². The molecule has 0 unspecified atom stereocenters. The van der Waals surface area contributed by atoms with Gasteiger partial charge in [-0.2, -0.15) is 0 Å². The number of nitrogens with one attached hydrogen (secondary N) is 1. The molecule has 1 saturated heterocycles. The van der Waals surface area contributed by atoms with E-state index in [-0.39, 0.29) is 0 Å². The second-order valence-electron chi connectivity index (χ2n) is 4.26. The first-order chi connectivity index (χ1) is 8.31. The average molecular weight is 255 g/mol. The maximum Gasteiger partial charge on any atom is 0.137 e. The Labute approximate surface area is 108 Å². The summed E-state index contributed by atoms with van der Waals surface area (Å²) in [4.78, 5) is 2.37. The minimum absolute atomic E-state index is 0.681. The first-order valence-corrected chi connectivity index (χ1v) is 6.48. The lowest BCUT2D eigenvalue weighted by molar-refractivity contribution is 0.415. The van der Waals surface area contributed by atoms with Gasteiger partial charge in [0.1, 0.15) is 5.75 Å². The standard InChI is InChI=1S/C13H19ClN2O/c1-17-13-5-4-11(10-12(13)14)16-8-3-2-6-15-7-9-16/h4-5,10,15H,2-3,6-9H2,1H3. The lowest BCUT2D eigenvalue weighted by atomic mass is 10.2. The number of anilines is 1. The number of hydrogen-bond acceptors (Lipinski definition) is 3. The first kappa shape index (κ1) is 12.5. The van der Waals surface area contributed by atoms with Crippen LogP contribution in [0.2, 0.25) is 5.02 Å². The SMILES string of the molecule is COc1ccc(N2CCCCNCC2)cc1Cl. The zero-order valence-corrected chi connectivity index (χ0v) is 11.0. The van der Waals surface area contributed by atoms with E-state index in [0.29, 0.717) is 5.02 Å². The maximum absolute atomic E-state index is 6.15. The number of hydrogen-bond donors (Lipinski definition) is 1. The van der Waals surface area contributed by atoms with Crippen LogP contribution in [-0.2, 0) is 0 Å². The van der Waals surface area contributed by atoms with Crippen molar-refractivity contribution in [1.82, 2.24) is 5.32 Å². The number of halogens is 1. The molecule has 0 bridgehead atoms. The Morgan fingerprint density at radius 1 is 1.24 bits per heavy atom. The van der Waals surface area contributed by atoms with Crippen LogP contribution >= 0.6 is 11.6 Å². The molecule has 2 rings (SSSR count). The summed E-state index contributed by atoms with van der Waals surface area (Å²) in [6, 6.07) is 6.00. The molecule has 1 aliphatic heterocycles. The molecule has 3 nitrogen and oxygen atoms in total. The Morgan fingerprint density at radius 2 is 2.12 bits per heavy atom. The highest BCUT2D eigenvalue weighted by Crippen LogP contribution is 2.29. The molecule has 1 fully saturated rings. The normalized spacial score (nSPS) is 17.4. The van der Waals surface area contributed by atoms with Crippen LogP contribution in [-0.4, -0.2) is 33.3 Å². The molecule has 1 N–H and O–H groups in total. The smallest absolute Gasteiger partial charge is 0.137 e. The van der Waals surface area contributed by atoms with Gasteiger partial charge in [0, 0.05) is 25.3 Å². The number of rotatable bonds is 2. The van der Waals surface area contributed by atoms with Gasteiger partial charge in [-0.25, -0.2) is 0 Å². The molecule has 94 valence electrons. The van der Waals surface area contributed by atoms with Crippen LogP contribution < -0.4 is 15.0 Å². The van der Waals surface area contributed by atoms with Crippen molar-refractivity contribution in [2.45, 2.75) is 12.8 Å². The molecule has 1 aromatic carbocycles. The summed E-state index contributed by atoms with van der Waals surface area (Å²) in [5.74, 6) is 0.737. The minimum atomic E-state index is 0.681. The van der Waals surface area contributed by atoms with Gasteiger partial charge < -0.3 is 15.0 Å². The lowest BCUT2D eigenvalue weighted by Crippen LogP contribution is -2.36. The van der Waals surface area contributed by atoms with Crippen molar-refractivity contribution in [3.05, 3.63) is 23.2 Å². The van der Waals surface area contributed by atoms with Crippen molar-refractivity contribution in [3.63, 3.8) is 0 Å². The third kappa shape index (κ3) is 3.27. The molecule has 0 amide bonds. The summed E-state index contributed by atoms with van der Waals surface area (Å²) in [6.45, 7) is 4.30. The largest absolute Gasteiger partial charge is 0.495 e. The molecule has 0 saturated carbocycles. The Morgan fingerprint density at radius 3 is 2.88 bits per heavy atom. The summed E-state index contributed by atoms with van der Waals surface area (Å²) < 4.78 is 5.17. The Balaban J connectivity index is 2.11. The van der Waals surface area contributed by atoms with Crippen LogP contribution in [0.4, 0.5) is 5.69 Å². The van der Waals surface area contributed by atoms with Gasteiger partial charge in [-0.15, -0.1) is 0 Å². The zero-order chi connectivity index (χ0) is 12.1. The van der Waals surface area contributed by atoms with Gasteiger partial charge in [-0.3, -0.25) is 0 Å². The Bertz CT molecular complexity index is 362. The zero-order valence-electron chi connectivity index (χ0n) is 10.2. The summed E-state index contributed by atoms with van der Waals surface area (Å²) in [7, 11) is 1.64. The van der Waals surface area contributed by atoms with Gasteiger partial charge in [0.15, 0.2) is 0 Å². The molecule has 17 heavy (non-hydrogen) atoms. The monoisotopic (exact) mass is 254 g/mol. The summed E-state index contributed by atoms with van der Waals surface area (Å²) in [5.41, 5.74) is 1.18. The van der Waals surface area contributed by atoms with Crippen LogP contribution in [0.25, 0.3) is 0 Å². The molecule has 1 heterocycles. The molecule has 4 heteroatoms. The minimum Gasteiger partial charge on any atom is -0.495 e. The molecule has 1 aliphatic rings. The van der Waals surface area contributed by atoms with Gasteiger partial charge in [0.05, 0.1) is 12.1 Å². The average Bonchev–Trinajstić information content (AvgIpc) is 2.28. The number of ether oxygens (including phenoxy) is 1. The Hall–Kier alpha value is -0.930. The second kappa shape index (κ2) is 6.12. The Kier molecular flexibility index (Phi) is 4.51. The van der Waals surface area contributed by atoms with Crippen molar-refractivity contribution in [2.24, 2.45) is 0 Å². The number of methoxy groups -OCH3 is 1. The van der Waals surface area contributed by atoms with Crippen molar-refractivity contribution in [3.8, 4) is 5.75 Å². The third-order valence-corrected chi connectivity index (χ3v) is 3.39. The highest BCUT2D eigenvalue weighted by atomic mass is 35.5. The molecule has 1 aromatic rings. The van der Waals surface area contributed by atoms with E-state index in [4.69, 9.17) is 16.3 Å². The fourth-order valence-corrected chi connectivity index (χ4v) is 2.37. The molecule has 0 radical (unpaired) electrons. The van der Waals surface area contributed by atoms with Crippen LogP contribution in [0, 0.1) is 0 Å². The highest BCUT2D eigenvalue weighted by molar-refractivity contribution is 6.32. The fraction of sp³-hybridized carbons (Fsp3) is 0.538. The predicted octanol–water partition coefficient (Wildman–Crippen LogP) is 2.54. The molecule has 0 atom stereocenters. The van der Waals surface area contributed by atoms with Crippen molar-refractivity contribution >= 4 is 17.3 Å². The fourth-order valence-electron chi connectivity index (χ4n) is 2.11. The van der Waals surface area contributed by atoms with E-state index in [1.807, 2.05) is 12.1 Å². The van der Waals surface area contributed by atoms with E-state index in [1.54, 1.807) is 7.11 Å². The first-order valence-electron chi connectivity index (χ1n) is 6.10. The second-order valence-corrected chi connectivity index (χ2v) is 4.67. The van der Waals surface area contributed by atoms with Gasteiger partial charge >= 0.3 is 0 Å². The molecular weight excluding hydrogens is 236 g/mol. The van der Waals surface area contributed by atoms with Crippen LogP contribution in [0.15, 0.2) is 18.2 Å². The van der Waals surface area contributed by atoms with Crippen molar-refractivity contribution in [1.29, 1.82) is 0 Å². The predicted molar refractivity (Wildman–Crippen MR) is 72.3 cm³/mol. The maximum atomic E-state index is 6.15. The summed E-state index contributed by atoms with van der Waals surface area (Å²) in [6.07, 6.45) is 2.46. The van der Waals surface area contributed by atoms with E-state index in [1.165, 1.54) is 18.5 Å². The topological polar surface area (TPSA) is 24.5 Å². The molecule has 0 spiro atoms. The van der Waals surface area contributed by atoms with Crippen molar-refractivity contribution < 1.29 is 4.74 Å². The number of benzene rings is 1. The quantitative estimate of drug-likeness (QED) is 0.878. The van der Waals surface area contributed by atoms with Gasteiger partial charge in [-0.1, -0.05) is 11.6 Å². The van der Waals surface area contributed by atoms with E-state index in [9.17, 15) is 0 Å². The summed E-state index contributed by atoms with van der Waals surface area (Å²) in [5, 5.41) is 4.11. The van der Waals surface area contributed by atoms with Crippen LogP contribution in [0.3, 0.4) is 0 Å². The van der Waals surface area contributed by atoms with Crippen LogP contribution in [0.1, 0.15) is 12.8 Å². The van der Waals surface area contributed by atoms with Gasteiger partial charge in [0.2, 0.25) is 0 Å². The highest BCUT2D eigenvalue weighted by Gasteiger charge is 2.10. The van der Waals surface area contributed by atoms with Gasteiger partial charge in [-0.05, 0) is 37.6 Å². The lowest BCUT2D eigenvalue weighted by Gasteiger charge is -2.27. The van der Waals surface area contributed by atoms with Gasteiger partial charge in [0.25, 0.3) is 0 Å². The third-order valence-electron chi connectivity index (χ3n) is 3.09. The number of nitrogens with zero attached hydrogens (tertiary/aromatic N) is 1. The molecule has 0 aromatic heterocycles. The summed E-state index contributed by atoms with van der Waals surface area (Å²) >= 11 is 6.15. The van der Waals surface area contributed by atoms with E-state index in [0.717, 1.165) is 31.9 Å². The van der Waals surface area contributed by atoms with Crippen LogP contribution in [0.5, 0.6) is 5.75 Å². The van der Waals surface area contributed by atoms with E-state index >= 15 is 0 Å². The molecule has 0 aliphatic carbocycles. The van der Waals surface area contributed by atoms with E-state index < -0.39 is 0 Å².